The highest BCUT2D eigenvalue weighted by Gasteiger charge is 2.56. The molecule has 0 aliphatic heterocycles. The third-order valence-corrected chi connectivity index (χ3v) is 7.54. The maximum Gasteiger partial charge on any atom is 0.253 e. The number of carbonyl (C=O) groups excluding carboxylic acids is 1. The summed E-state index contributed by atoms with van der Waals surface area (Å²) in [6.07, 6.45) is 5.82. The Kier molecular flexibility index (Phi) is 5.06. The van der Waals surface area contributed by atoms with Crippen LogP contribution in [0.4, 0.5) is 0 Å². The van der Waals surface area contributed by atoms with Crippen molar-refractivity contribution in [1.82, 2.24) is 4.90 Å². The summed E-state index contributed by atoms with van der Waals surface area (Å²) in [6, 6.07) is 18.1. The molecule has 4 nitrogen and oxygen atoms in total. The maximum absolute atomic E-state index is 13.3. The molecule has 2 aromatic carbocycles. The zero-order valence-corrected chi connectivity index (χ0v) is 17.7. The second-order valence-electron chi connectivity index (χ2n) is 9.71. The molecular weight excluding hydrogens is 374 g/mol. The Morgan fingerprint density at radius 1 is 1.07 bits per heavy atom. The molecule has 0 aromatic heterocycles. The van der Waals surface area contributed by atoms with E-state index in [9.17, 15) is 9.90 Å². The van der Waals surface area contributed by atoms with Gasteiger partial charge in [0.05, 0.1) is 12.2 Å². The van der Waals surface area contributed by atoms with E-state index in [0.29, 0.717) is 29.9 Å². The molecule has 3 unspecified atom stereocenters. The van der Waals surface area contributed by atoms with Crippen LogP contribution in [0.1, 0.15) is 48.0 Å². The van der Waals surface area contributed by atoms with Crippen molar-refractivity contribution in [2.75, 3.05) is 13.7 Å². The number of carbonyl (C=O) groups is 1. The first kappa shape index (κ1) is 19.6. The predicted molar refractivity (Wildman–Crippen MR) is 116 cm³/mol. The van der Waals surface area contributed by atoms with Gasteiger partial charge in [0, 0.05) is 25.1 Å². The fourth-order valence-corrected chi connectivity index (χ4v) is 6.58. The highest BCUT2D eigenvalue weighted by atomic mass is 16.5. The first-order chi connectivity index (χ1) is 14.5. The predicted octanol–water partition coefficient (Wildman–Crippen LogP) is 4.32. The van der Waals surface area contributed by atoms with Crippen molar-refractivity contribution in [2.45, 2.75) is 50.2 Å². The molecule has 4 fully saturated rings. The number of hydrogen-bond donors (Lipinski definition) is 1. The van der Waals surface area contributed by atoms with Crippen LogP contribution in [-0.4, -0.2) is 41.2 Å². The summed E-state index contributed by atoms with van der Waals surface area (Å²) in [4.78, 5) is 15.3. The molecule has 30 heavy (non-hydrogen) atoms. The highest BCUT2D eigenvalue weighted by Crippen LogP contribution is 2.56. The van der Waals surface area contributed by atoms with Gasteiger partial charge in [-0.1, -0.05) is 36.4 Å². The summed E-state index contributed by atoms with van der Waals surface area (Å²) >= 11 is 0. The summed E-state index contributed by atoms with van der Waals surface area (Å²) in [5.41, 5.74) is 1.46. The minimum absolute atomic E-state index is 0.0629. The number of ether oxygens (including phenoxy) is 1. The van der Waals surface area contributed by atoms with Gasteiger partial charge in [0.2, 0.25) is 0 Å². The minimum atomic E-state index is -0.469. The molecule has 1 amide bonds. The van der Waals surface area contributed by atoms with Gasteiger partial charge in [-0.3, -0.25) is 4.79 Å². The van der Waals surface area contributed by atoms with E-state index in [0.717, 1.165) is 44.3 Å². The molecule has 0 heterocycles. The van der Waals surface area contributed by atoms with Crippen LogP contribution in [0.25, 0.3) is 0 Å². The fraction of sp³-hybridized carbons (Fsp3) is 0.500. The minimum Gasteiger partial charge on any atom is -0.493 e. The first-order valence-corrected chi connectivity index (χ1v) is 11.3. The molecule has 6 rings (SSSR count). The molecule has 4 bridgehead atoms. The lowest BCUT2D eigenvalue weighted by Crippen LogP contribution is -2.61. The van der Waals surface area contributed by atoms with E-state index in [1.54, 1.807) is 0 Å². The largest absolute Gasteiger partial charge is 0.493 e. The molecule has 4 aliphatic rings. The van der Waals surface area contributed by atoms with Gasteiger partial charge in [-0.25, -0.2) is 0 Å². The lowest BCUT2D eigenvalue weighted by Gasteiger charge is -2.59. The van der Waals surface area contributed by atoms with Crippen molar-refractivity contribution >= 4 is 5.91 Å². The van der Waals surface area contributed by atoms with Crippen LogP contribution in [-0.2, 0) is 6.42 Å². The zero-order valence-electron chi connectivity index (χ0n) is 17.7. The van der Waals surface area contributed by atoms with Crippen molar-refractivity contribution in [3.05, 3.63) is 65.7 Å². The molecule has 0 saturated heterocycles. The molecule has 158 valence electrons. The molecule has 4 aliphatic carbocycles. The van der Waals surface area contributed by atoms with Gasteiger partial charge >= 0.3 is 0 Å². The third-order valence-electron chi connectivity index (χ3n) is 7.54. The Balaban J connectivity index is 1.24. The number of hydrogen-bond acceptors (Lipinski definition) is 3. The molecule has 0 radical (unpaired) electrons. The summed E-state index contributed by atoms with van der Waals surface area (Å²) in [5, 5.41) is 10.8. The van der Waals surface area contributed by atoms with Crippen molar-refractivity contribution in [3.63, 3.8) is 0 Å². The van der Waals surface area contributed by atoms with Crippen LogP contribution in [0.5, 0.6) is 5.75 Å². The van der Waals surface area contributed by atoms with Gasteiger partial charge < -0.3 is 14.7 Å². The van der Waals surface area contributed by atoms with Crippen LogP contribution < -0.4 is 4.74 Å². The Morgan fingerprint density at radius 2 is 1.80 bits per heavy atom. The topological polar surface area (TPSA) is 49.8 Å². The zero-order chi connectivity index (χ0) is 20.7. The molecule has 0 spiro atoms. The Bertz CT molecular complexity index is 896. The lowest BCUT2D eigenvalue weighted by atomic mass is 9.52. The number of aliphatic hydroxyl groups is 1. The molecular formula is C26H31NO3. The summed E-state index contributed by atoms with van der Waals surface area (Å²) in [6.45, 7) is 0.588. The average molecular weight is 406 g/mol. The Hall–Kier alpha value is -2.33. The van der Waals surface area contributed by atoms with Gasteiger partial charge in [-0.05, 0) is 73.6 Å². The number of rotatable bonds is 6. The van der Waals surface area contributed by atoms with Gasteiger partial charge in [0.25, 0.3) is 5.91 Å². The number of nitrogens with zero attached hydrogens (tertiary/aromatic N) is 1. The summed E-state index contributed by atoms with van der Waals surface area (Å²) in [5.74, 6) is 2.31. The molecule has 5 atom stereocenters. The monoisotopic (exact) mass is 405 g/mol. The highest BCUT2D eigenvalue weighted by molar-refractivity contribution is 5.94. The van der Waals surface area contributed by atoms with Crippen LogP contribution in [0.2, 0.25) is 0 Å². The van der Waals surface area contributed by atoms with E-state index in [1.165, 1.54) is 5.56 Å². The SMILES string of the molecule is CN(C(=O)c1cccc(OCCc2ccccc2)c1)C1[C@@H]2CC3C[C@H]1CC(O)(C3)C2. The third kappa shape index (κ3) is 3.74. The van der Waals surface area contributed by atoms with Crippen molar-refractivity contribution in [1.29, 1.82) is 0 Å². The van der Waals surface area contributed by atoms with E-state index >= 15 is 0 Å². The Labute approximate surface area is 178 Å². The average Bonchev–Trinajstić information content (AvgIpc) is 2.72. The van der Waals surface area contributed by atoms with E-state index in [1.807, 2.05) is 54.4 Å². The van der Waals surface area contributed by atoms with E-state index in [-0.39, 0.29) is 11.9 Å². The van der Waals surface area contributed by atoms with Crippen molar-refractivity contribution < 1.29 is 14.6 Å². The quantitative estimate of drug-likeness (QED) is 0.779. The van der Waals surface area contributed by atoms with Crippen LogP contribution in [0.3, 0.4) is 0 Å². The normalized spacial score (nSPS) is 31.5. The number of amides is 1. The number of benzene rings is 2. The smallest absolute Gasteiger partial charge is 0.253 e. The second kappa shape index (κ2) is 7.73. The van der Waals surface area contributed by atoms with E-state index in [2.05, 4.69) is 12.1 Å². The standard InChI is InChI=1S/C26H31NO3/c1-27(24-21-12-19-13-22(24)17-26(29,15-19)16-21)25(28)20-8-5-9-23(14-20)30-11-10-18-6-3-2-4-7-18/h2-9,14,19,21-22,24,29H,10-13,15-17H2,1H3/t19?,21-,22+,24?,26?. The van der Waals surface area contributed by atoms with Crippen LogP contribution in [0, 0.1) is 17.8 Å². The molecule has 4 heteroatoms. The maximum atomic E-state index is 13.3. The summed E-state index contributed by atoms with van der Waals surface area (Å²) < 4.78 is 5.93. The van der Waals surface area contributed by atoms with Gasteiger partial charge in [-0.15, -0.1) is 0 Å². The lowest BCUT2D eigenvalue weighted by molar-refractivity contribution is -0.152. The van der Waals surface area contributed by atoms with Crippen LogP contribution >= 0.6 is 0 Å². The van der Waals surface area contributed by atoms with Crippen molar-refractivity contribution in [3.8, 4) is 5.75 Å². The fourth-order valence-electron chi connectivity index (χ4n) is 6.58. The van der Waals surface area contributed by atoms with E-state index in [4.69, 9.17) is 4.74 Å². The van der Waals surface area contributed by atoms with Gasteiger partial charge in [-0.2, -0.15) is 0 Å². The first-order valence-electron chi connectivity index (χ1n) is 11.3. The summed E-state index contributed by atoms with van der Waals surface area (Å²) in [7, 11) is 1.95. The molecule has 1 N–H and O–H groups in total. The van der Waals surface area contributed by atoms with Crippen LogP contribution in [0.15, 0.2) is 54.6 Å². The van der Waals surface area contributed by atoms with E-state index < -0.39 is 5.60 Å². The Morgan fingerprint density at radius 3 is 2.50 bits per heavy atom. The molecule has 4 saturated carbocycles. The molecule has 2 aromatic rings. The van der Waals surface area contributed by atoms with Gasteiger partial charge in [0.15, 0.2) is 0 Å². The second-order valence-corrected chi connectivity index (χ2v) is 9.71. The van der Waals surface area contributed by atoms with Crippen molar-refractivity contribution in [2.24, 2.45) is 17.8 Å². The van der Waals surface area contributed by atoms with Gasteiger partial charge in [0.1, 0.15) is 5.75 Å².